The number of nitrogens with two attached hydrogens (primary N) is 1. The summed E-state index contributed by atoms with van der Waals surface area (Å²) in [5.74, 6) is 0.262. The summed E-state index contributed by atoms with van der Waals surface area (Å²) in [4.78, 5) is 25.5. The maximum absolute atomic E-state index is 12.8. The van der Waals surface area contributed by atoms with Crippen LogP contribution in [0.25, 0.3) is 0 Å². The lowest BCUT2D eigenvalue weighted by molar-refractivity contribution is -0.119. The van der Waals surface area contributed by atoms with Gasteiger partial charge in [0.1, 0.15) is 0 Å². The van der Waals surface area contributed by atoms with Gasteiger partial charge in [-0.1, -0.05) is 6.92 Å². The Labute approximate surface area is 136 Å². The Kier molecular flexibility index (Phi) is 5.84. The number of primary amides is 1. The molecule has 1 aliphatic rings. The molecule has 2 amide bonds. The minimum Gasteiger partial charge on any atom is -0.493 e. The quantitative estimate of drug-likeness (QED) is 0.868. The largest absolute Gasteiger partial charge is 0.493 e. The van der Waals surface area contributed by atoms with Gasteiger partial charge in [-0.25, -0.2) is 0 Å². The molecule has 1 aliphatic heterocycles. The van der Waals surface area contributed by atoms with Crippen molar-refractivity contribution in [1.29, 1.82) is 0 Å². The van der Waals surface area contributed by atoms with Gasteiger partial charge in [0.25, 0.3) is 11.8 Å². The van der Waals surface area contributed by atoms with E-state index in [1.165, 1.54) is 13.5 Å². The van der Waals surface area contributed by atoms with E-state index >= 15 is 0 Å². The van der Waals surface area contributed by atoms with Gasteiger partial charge in [0.15, 0.2) is 18.1 Å². The molecule has 1 aromatic rings. The molecule has 0 bridgehead atoms. The van der Waals surface area contributed by atoms with Gasteiger partial charge in [-0.15, -0.1) is 0 Å². The lowest BCUT2D eigenvalue weighted by Crippen LogP contribution is -2.43. The molecule has 6 nitrogen and oxygen atoms in total. The molecule has 1 aromatic carbocycles. The second kappa shape index (κ2) is 7.85. The van der Waals surface area contributed by atoms with Crippen molar-refractivity contribution in [2.75, 3.05) is 20.3 Å². The number of carbonyl (C=O) groups is 2. The summed E-state index contributed by atoms with van der Waals surface area (Å²) in [5, 5.41) is 0. The highest BCUT2D eigenvalue weighted by molar-refractivity contribution is 5.95. The van der Waals surface area contributed by atoms with Gasteiger partial charge in [0, 0.05) is 18.2 Å². The SMILES string of the molecule is CCC1CCCCN1C(=O)c1ccc(OCC(N)=O)c(OC)c1. The molecule has 0 aliphatic carbocycles. The number of rotatable bonds is 6. The van der Waals surface area contributed by atoms with Crippen molar-refractivity contribution in [3.05, 3.63) is 23.8 Å². The Morgan fingerprint density at radius 2 is 2.09 bits per heavy atom. The Hall–Kier alpha value is -2.24. The van der Waals surface area contributed by atoms with Crippen LogP contribution in [0.1, 0.15) is 43.0 Å². The first-order valence-electron chi connectivity index (χ1n) is 7.97. The van der Waals surface area contributed by atoms with Crippen LogP contribution < -0.4 is 15.2 Å². The summed E-state index contributed by atoms with van der Waals surface area (Å²) in [7, 11) is 1.50. The van der Waals surface area contributed by atoms with E-state index in [2.05, 4.69) is 6.92 Å². The topological polar surface area (TPSA) is 81.9 Å². The summed E-state index contributed by atoms with van der Waals surface area (Å²) in [6.45, 7) is 2.67. The molecule has 1 unspecified atom stereocenters. The predicted molar refractivity (Wildman–Crippen MR) is 86.6 cm³/mol. The number of amides is 2. The monoisotopic (exact) mass is 320 g/mol. The van der Waals surface area contributed by atoms with Gasteiger partial charge in [-0.05, 0) is 43.9 Å². The fraction of sp³-hybridized carbons (Fsp3) is 0.529. The van der Waals surface area contributed by atoms with Gasteiger partial charge >= 0.3 is 0 Å². The lowest BCUT2D eigenvalue weighted by atomic mass is 9.99. The zero-order valence-corrected chi connectivity index (χ0v) is 13.7. The van der Waals surface area contributed by atoms with Crippen LogP contribution in [0.5, 0.6) is 11.5 Å². The van der Waals surface area contributed by atoms with Crippen LogP contribution >= 0.6 is 0 Å². The third kappa shape index (κ3) is 4.15. The highest BCUT2D eigenvalue weighted by Gasteiger charge is 2.26. The van der Waals surface area contributed by atoms with Crippen molar-refractivity contribution in [2.24, 2.45) is 5.73 Å². The number of hydrogen-bond acceptors (Lipinski definition) is 4. The van der Waals surface area contributed by atoms with Gasteiger partial charge in [0.2, 0.25) is 0 Å². The molecule has 6 heteroatoms. The van der Waals surface area contributed by atoms with E-state index in [1.807, 2.05) is 4.90 Å². The van der Waals surface area contributed by atoms with Crippen molar-refractivity contribution >= 4 is 11.8 Å². The third-order valence-electron chi connectivity index (χ3n) is 4.14. The minimum atomic E-state index is -0.564. The van der Waals surface area contributed by atoms with E-state index in [0.717, 1.165) is 25.8 Å². The van der Waals surface area contributed by atoms with E-state index in [1.54, 1.807) is 18.2 Å². The number of benzene rings is 1. The van der Waals surface area contributed by atoms with Crippen LogP contribution in [0.3, 0.4) is 0 Å². The van der Waals surface area contributed by atoms with E-state index in [9.17, 15) is 9.59 Å². The van der Waals surface area contributed by atoms with Gasteiger partial charge in [-0.2, -0.15) is 0 Å². The molecule has 2 rings (SSSR count). The van der Waals surface area contributed by atoms with Crippen molar-refractivity contribution in [3.8, 4) is 11.5 Å². The Bertz CT molecular complexity index is 574. The third-order valence-corrected chi connectivity index (χ3v) is 4.14. The second-order valence-electron chi connectivity index (χ2n) is 5.68. The average Bonchev–Trinajstić information content (AvgIpc) is 2.59. The number of carbonyl (C=O) groups excluding carboxylic acids is 2. The lowest BCUT2D eigenvalue weighted by Gasteiger charge is -2.35. The summed E-state index contributed by atoms with van der Waals surface area (Å²) in [6.07, 6.45) is 4.23. The molecule has 1 heterocycles. The number of methoxy groups -OCH3 is 1. The van der Waals surface area contributed by atoms with Gasteiger partial charge < -0.3 is 20.1 Å². The number of ether oxygens (including phenoxy) is 2. The number of hydrogen-bond donors (Lipinski definition) is 1. The highest BCUT2D eigenvalue weighted by Crippen LogP contribution is 2.30. The first-order chi connectivity index (χ1) is 11.1. The van der Waals surface area contributed by atoms with Crippen LogP contribution in [0.15, 0.2) is 18.2 Å². The minimum absolute atomic E-state index is 0.0105. The molecule has 0 saturated carbocycles. The van der Waals surface area contributed by atoms with Crippen molar-refractivity contribution in [3.63, 3.8) is 0 Å². The molecule has 126 valence electrons. The molecule has 0 radical (unpaired) electrons. The molecule has 0 aromatic heterocycles. The summed E-state index contributed by atoms with van der Waals surface area (Å²) in [6, 6.07) is 5.29. The fourth-order valence-corrected chi connectivity index (χ4v) is 2.93. The Balaban J connectivity index is 2.18. The van der Waals surface area contributed by atoms with Crippen LogP contribution in [-0.2, 0) is 4.79 Å². The standard InChI is InChI=1S/C17H24N2O4/c1-3-13-6-4-5-9-19(13)17(21)12-7-8-14(15(10-12)22-2)23-11-16(18)20/h7-8,10,13H,3-6,9,11H2,1-2H3,(H2,18,20). The highest BCUT2D eigenvalue weighted by atomic mass is 16.5. The van der Waals surface area contributed by atoms with Gasteiger partial charge in [-0.3, -0.25) is 9.59 Å². The van der Waals surface area contributed by atoms with Crippen LogP contribution in [0, 0.1) is 0 Å². The van der Waals surface area contributed by atoms with E-state index in [4.69, 9.17) is 15.2 Å². The summed E-state index contributed by atoms with van der Waals surface area (Å²) < 4.78 is 10.5. The summed E-state index contributed by atoms with van der Waals surface area (Å²) in [5.41, 5.74) is 5.64. The maximum atomic E-state index is 12.8. The molecule has 1 fully saturated rings. The summed E-state index contributed by atoms with van der Waals surface area (Å²) >= 11 is 0. The van der Waals surface area contributed by atoms with Crippen LogP contribution in [-0.4, -0.2) is 43.0 Å². The molecular weight excluding hydrogens is 296 g/mol. The predicted octanol–water partition coefficient (Wildman–Crippen LogP) is 1.96. The van der Waals surface area contributed by atoms with Gasteiger partial charge in [0.05, 0.1) is 7.11 Å². The Morgan fingerprint density at radius 3 is 2.74 bits per heavy atom. The zero-order chi connectivity index (χ0) is 16.8. The van der Waals surface area contributed by atoms with Crippen molar-refractivity contribution < 1.29 is 19.1 Å². The van der Waals surface area contributed by atoms with Crippen molar-refractivity contribution in [1.82, 2.24) is 4.90 Å². The Morgan fingerprint density at radius 1 is 1.30 bits per heavy atom. The molecule has 1 saturated heterocycles. The maximum Gasteiger partial charge on any atom is 0.255 e. The van der Waals surface area contributed by atoms with Crippen LogP contribution in [0.2, 0.25) is 0 Å². The molecule has 23 heavy (non-hydrogen) atoms. The molecule has 1 atom stereocenters. The number of piperidine rings is 1. The smallest absolute Gasteiger partial charge is 0.255 e. The second-order valence-corrected chi connectivity index (χ2v) is 5.68. The normalized spacial score (nSPS) is 17.7. The first-order valence-corrected chi connectivity index (χ1v) is 7.97. The van der Waals surface area contributed by atoms with Crippen molar-refractivity contribution in [2.45, 2.75) is 38.6 Å². The molecule has 0 spiro atoms. The van der Waals surface area contributed by atoms with E-state index in [-0.39, 0.29) is 12.5 Å². The fourth-order valence-electron chi connectivity index (χ4n) is 2.93. The average molecular weight is 320 g/mol. The molecular formula is C17H24N2O4. The van der Waals surface area contributed by atoms with E-state index in [0.29, 0.717) is 23.1 Å². The van der Waals surface area contributed by atoms with E-state index < -0.39 is 5.91 Å². The number of likely N-dealkylation sites (tertiary alicyclic amines) is 1. The number of nitrogens with zero attached hydrogens (tertiary/aromatic N) is 1. The molecule has 2 N–H and O–H groups in total. The zero-order valence-electron chi connectivity index (χ0n) is 13.7. The first kappa shape index (κ1) is 17.1. The van der Waals surface area contributed by atoms with Crippen LogP contribution in [0.4, 0.5) is 0 Å².